The highest BCUT2D eigenvalue weighted by Crippen LogP contribution is 2.45. The monoisotopic (exact) mass is 1420 g/mol. The number of hydrogen-bond donors (Lipinski definition) is 3. The van der Waals surface area contributed by atoms with Crippen LogP contribution in [0, 0.1) is 11.8 Å². The van der Waals surface area contributed by atoms with Gasteiger partial charge >= 0.3 is 39.5 Å². The largest absolute Gasteiger partial charge is 0.472 e. The van der Waals surface area contributed by atoms with E-state index in [0.717, 1.165) is 115 Å². The maximum atomic E-state index is 13.1. The van der Waals surface area contributed by atoms with Gasteiger partial charge in [0.25, 0.3) is 0 Å². The normalized spacial score (nSPS) is 14.0. The van der Waals surface area contributed by atoms with Crippen LogP contribution in [-0.4, -0.2) is 96.7 Å². The molecule has 19 heteroatoms. The number of ether oxygens (including phenoxy) is 4. The van der Waals surface area contributed by atoms with Gasteiger partial charge in [0.1, 0.15) is 19.3 Å². The molecule has 0 fully saturated rings. The summed E-state index contributed by atoms with van der Waals surface area (Å²) in [7, 11) is -9.91. The first-order valence-electron chi connectivity index (χ1n) is 40.5. The van der Waals surface area contributed by atoms with Crippen LogP contribution >= 0.6 is 15.6 Å². The molecule has 0 aromatic carbocycles. The fourth-order valence-corrected chi connectivity index (χ4v) is 13.6. The van der Waals surface area contributed by atoms with Gasteiger partial charge in [0, 0.05) is 25.7 Å². The molecular formula is C78H152O17P2. The molecule has 0 aliphatic carbocycles. The van der Waals surface area contributed by atoms with Gasteiger partial charge in [-0.25, -0.2) is 9.13 Å². The molecule has 2 unspecified atom stereocenters. The average Bonchev–Trinajstić information content (AvgIpc) is 1.34. The highest BCUT2D eigenvalue weighted by atomic mass is 31.2. The molecule has 0 aliphatic heterocycles. The summed E-state index contributed by atoms with van der Waals surface area (Å²) in [6, 6.07) is 0. The Kier molecular flexibility index (Phi) is 68.4. The third kappa shape index (κ3) is 72.2. The SMILES string of the molecule is CCCCCCCCCCCCCCCC(=O)O[C@H](COC(=O)CCCCCCCCC)COP(=O)(O)OC[C@H](O)COP(=O)(O)OC[C@@H](COC(=O)CCCCCCCCCCCCCCCC(C)C)OC(=O)CCCCCCCCCCCCCCCCCCCCC(C)C. The molecule has 576 valence electrons. The van der Waals surface area contributed by atoms with Crippen LogP contribution in [0.25, 0.3) is 0 Å². The summed E-state index contributed by atoms with van der Waals surface area (Å²) in [4.78, 5) is 72.7. The van der Waals surface area contributed by atoms with E-state index in [9.17, 15) is 43.2 Å². The van der Waals surface area contributed by atoms with E-state index in [1.807, 2.05) is 0 Å². The van der Waals surface area contributed by atoms with Crippen molar-refractivity contribution in [3.63, 3.8) is 0 Å². The lowest BCUT2D eigenvalue weighted by Gasteiger charge is -2.21. The van der Waals surface area contributed by atoms with Gasteiger partial charge in [-0.1, -0.05) is 356 Å². The summed E-state index contributed by atoms with van der Waals surface area (Å²) in [5.74, 6) is -0.505. The third-order valence-electron chi connectivity index (χ3n) is 18.2. The number of aliphatic hydroxyl groups excluding tert-OH is 1. The fourth-order valence-electron chi connectivity index (χ4n) is 12.0. The second-order valence-electron chi connectivity index (χ2n) is 29.1. The molecule has 0 saturated heterocycles. The number of aliphatic hydroxyl groups is 1. The minimum absolute atomic E-state index is 0.107. The van der Waals surface area contributed by atoms with E-state index in [1.54, 1.807) is 0 Å². The van der Waals surface area contributed by atoms with Gasteiger partial charge < -0.3 is 33.8 Å². The number of phosphoric ester groups is 2. The van der Waals surface area contributed by atoms with E-state index in [0.29, 0.717) is 25.7 Å². The first kappa shape index (κ1) is 95.1. The molecular weight excluding hydrogens is 1270 g/mol. The van der Waals surface area contributed by atoms with Crippen molar-refractivity contribution in [2.24, 2.45) is 11.8 Å². The number of hydrogen-bond acceptors (Lipinski definition) is 15. The van der Waals surface area contributed by atoms with Crippen LogP contribution in [0.1, 0.15) is 408 Å². The summed E-state index contributed by atoms with van der Waals surface area (Å²) in [6.45, 7) is 9.63. The molecule has 0 rings (SSSR count). The molecule has 5 atom stereocenters. The number of carbonyl (C=O) groups excluding carboxylic acids is 4. The minimum atomic E-state index is -4.96. The predicted octanol–water partition coefficient (Wildman–Crippen LogP) is 23.1. The Labute approximate surface area is 594 Å². The minimum Gasteiger partial charge on any atom is -0.462 e. The van der Waals surface area contributed by atoms with Gasteiger partial charge in [-0.3, -0.25) is 37.3 Å². The Bertz CT molecular complexity index is 1870. The van der Waals surface area contributed by atoms with Crippen molar-refractivity contribution >= 4 is 39.5 Å². The molecule has 97 heavy (non-hydrogen) atoms. The second kappa shape index (κ2) is 69.8. The van der Waals surface area contributed by atoms with Crippen molar-refractivity contribution in [1.29, 1.82) is 0 Å². The zero-order valence-corrected chi connectivity index (χ0v) is 65.2. The van der Waals surface area contributed by atoms with Crippen molar-refractivity contribution in [3.05, 3.63) is 0 Å². The molecule has 0 aliphatic rings. The molecule has 0 saturated carbocycles. The number of esters is 4. The number of unbranched alkanes of at least 4 members (excludes halogenated alkanes) is 47. The molecule has 0 bridgehead atoms. The van der Waals surface area contributed by atoms with Crippen LogP contribution in [0.4, 0.5) is 0 Å². The Balaban J connectivity index is 5.17. The topological polar surface area (TPSA) is 237 Å². The quantitative estimate of drug-likeness (QED) is 0.0222. The Hall–Kier alpha value is -1.94. The van der Waals surface area contributed by atoms with E-state index >= 15 is 0 Å². The van der Waals surface area contributed by atoms with Gasteiger partial charge in [0.05, 0.1) is 26.4 Å². The molecule has 0 heterocycles. The van der Waals surface area contributed by atoms with E-state index < -0.39 is 97.5 Å². The maximum Gasteiger partial charge on any atom is 0.472 e. The molecule has 0 amide bonds. The summed E-state index contributed by atoms with van der Waals surface area (Å²) in [5.41, 5.74) is 0. The summed E-state index contributed by atoms with van der Waals surface area (Å²) < 4.78 is 68.5. The molecule has 0 aromatic heterocycles. The lowest BCUT2D eigenvalue weighted by Crippen LogP contribution is -2.30. The zero-order valence-electron chi connectivity index (χ0n) is 63.4. The van der Waals surface area contributed by atoms with Crippen LogP contribution < -0.4 is 0 Å². The summed E-state index contributed by atoms with van der Waals surface area (Å²) in [6.07, 6.45) is 58.4. The Morgan fingerprint density at radius 2 is 0.474 bits per heavy atom. The number of carbonyl (C=O) groups is 4. The van der Waals surface area contributed by atoms with Crippen LogP contribution in [0.2, 0.25) is 0 Å². The highest BCUT2D eigenvalue weighted by Gasteiger charge is 2.30. The van der Waals surface area contributed by atoms with Crippen molar-refractivity contribution in [2.75, 3.05) is 39.6 Å². The predicted molar refractivity (Wildman–Crippen MR) is 395 cm³/mol. The van der Waals surface area contributed by atoms with Crippen LogP contribution in [0.15, 0.2) is 0 Å². The molecule has 0 radical (unpaired) electrons. The number of phosphoric acid groups is 2. The van der Waals surface area contributed by atoms with Gasteiger partial charge in [-0.2, -0.15) is 0 Å². The van der Waals surface area contributed by atoms with Crippen molar-refractivity contribution in [3.8, 4) is 0 Å². The van der Waals surface area contributed by atoms with Crippen molar-refractivity contribution in [2.45, 2.75) is 426 Å². The first-order valence-corrected chi connectivity index (χ1v) is 43.5. The van der Waals surface area contributed by atoms with E-state index in [1.165, 1.54) is 212 Å². The lowest BCUT2D eigenvalue weighted by molar-refractivity contribution is -0.161. The molecule has 0 spiro atoms. The number of rotatable bonds is 77. The Morgan fingerprint density at radius 1 is 0.278 bits per heavy atom. The lowest BCUT2D eigenvalue weighted by atomic mass is 10.0. The van der Waals surface area contributed by atoms with Crippen LogP contribution in [-0.2, 0) is 65.4 Å². The standard InChI is InChI=1S/C78H152O17P2/c1-7-9-11-13-15-16-17-25-33-38-44-50-56-62-77(82)94-73(66-88-75(80)60-54-48-40-14-12-10-8-2)68-92-96(84,85)90-64-72(79)65-91-97(86,87)93-69-74(67-89-76(81)61-55-49-43-37-32-29-24-27-31-36-42-47-53-59-71(5)6)95-78(83)63-57-51-45-39-34-28-23-21-19-18-20-22-26-30-35-41-46-52-58-70(3)4/h70-74,79H,7-69H2,1-6H3,(H,84,85)(H,86,87)/t72-,73+,74+/m0/s1. The Morgan fingerprint density at radius 3 is 0.701 bits per heavy atom. The smallest absolute Gasteiger partial charge is 0.462 e. The van der Waals surface area contributed by atoms with Crippen molar-refractivity contribution < 1.29 is 80.2 Å². The van der Waals surface area contributed by atoms with Gasteiger partial charge in [-0.15, -0.1) is 0 Å². The summed E-state index contributed by atoms with van der Waals surface area (Å²) >= 11 is 0. The first-order chi connectivity index (χ1) is 46.9. The highest BCUT2D eigenvalue weighted by molar-refractivity contribution is 7.47. The molecule has 3 N–H and O–H groups in total. The molecule has 17 nitrogen and oxygen atoms in total. The summed E-state index contributed by atoms with van der Waals surface area (Å²) in [5, 5.41) is 10.6. The van der Waals surface area contributed by atoms with Crippen molar-refractivity contribution in [1.82, 2.24) is 0 Å². The maximum absolute atomic E-state index is 13.1. The molecule has 0 aromatic rings. The van der Waals surface area contributed by atoms with Gasteiger partial charge in [0.2, 0.25) is 0 Å². The van der Waals surface area contributed by atoms with E-state index in [-0.39, 0.29) is 25.7 Å². The zero-order chi connectivity index (χ0) is 71.4. The third-order valence-corrected chi connectivity index (χ3v) is 20.1. The van der Waals surface area contributed by atoms with Gasteiger partial charge in [-0.05, 0) is 37.5 Å². The van der Waals surface area contributed by atoms with E-state index in [4.69, 9.17) is 37.0 Å². The average molecular weight is 1420 g/mol. The van der Waals surface area contributed by atoms with Gasteiger partial charge in [0.15, 0.2) is 12.2 Å². The fraction of sp³-hybridized carbons (Fsp3) is 0.949. The van der Waals surface area contributed by atoms with Crippen LogP contribution in [0.5, 0.6) is 0 Å². The second-order valence-corrected chi connectivity index (χ2v) is 32.0. The van der Waals surface area contributed by atoms with E-state index in [2.05, 4.69) is 41.5 Å². The van der Waals surface area contributed by atoms with Crippen LogP contribution in [0.3, 0.4) is 0 Å².